The number of aromatic nitrogens is 1. The monoisotopic (exact) mass is 468 g/mol. The van der Waals surface area contributed by atoms with Crippen LogP contribution in [0.4, 0.5) is 8.78 Å². The van der Waals surface area contributed by atoms with Crippen LogP contribution in [0, 0.1) is 0 Å². The van der Waals surface area contributed by atoms with Crippen LogP contribution in [-0.4, -0.2) is 59.6 Å². The van der Waals surface area contributed by atoms with Gasteiger partial charge in [0.15, 0.2) is 5.49 Å². The van der Waals surface area contributed by atoms with Crippen molar-refractivity contribution >= 4 is 23.1 Å². The van der Waals surface area contributed by atoms with Crippen LogP contribution in [0.1, 0.15) is 23.2 Å². The molecule has 2 amide bonds. The number of hydrogen-bond donors (Lipinski definition) is 0. The predicted octanol–water partition coefficient (Wildman–Crippen LogP) is 3.59. The molecule has 2 aromatic carbocycles. The van der Waals surface area contributed by atoms with Gasteiger partial charge >= 0.3 is 0 Å². The number of ether oxygens (including phenoxy) is 1. The zero-order valence-corrected chi connectivity index (χ0v) is 19.1. The highest BCUT2D eigenvalue weighted by atomic mass is 19.3. The first-order valence-electron chi connectivity index (χ1n) is 10.9. The van der Waals surface area contributed by atoms with Gasteiger partial charge in [-0.2, -0.15) is 0 Å². The standard InChI is InChI=1S/C25H26F2N4O3/c1-29-11-8-19(15-23(29)28-31(16-32)17-34-2)21-5-3-4-18-14-20(6-7-22(18)21)24(33)30-12-9-25(26,27)10-13-30/h3-8,11,14-16H,9-10,12-13,17H2,1-2H3/b28-23-. The molecule has 0 saturated carbocycles. The molecule has 2 heterocycles. The Morgan fingerprint density at radius 1 is 1.18 bits per heavy atom. The van der Waals surface area contributed by atoms with E-state index >= 15 is 0 Å². The number of carbonyl (C=O) groups excluding carboxylic acids is 2. The number of amides is 2. The average molecular weight is 469 g/mol. The number of piperidine rings is 1. The third kappa shape index (κ3) is 4.99. The van der Waals surface area contributed by atoms with Crippen molar-refractivity contribution in [2.24, 2.45) is 12.1 Å². The lowest BCUT2D eigenvalue weighted by Crippen LogP contribution is -2.42. The van der Waals surface area contributed by atoms with E-state index in [1.54, 1.807) is 16.7 Å². The number of pyridine rings is 1. The first kappa shape index (κ1) is 23.6. The highest BCUT2D eigenvalue weighted by molar-refractivity contribution is 6.02. The zero-order chi connectivity index (χ0) is 24.3. The third-order valence-electron chi connectivity index (χ3n) is 5.96. The molecule has 1 fully saturated rings. The summed E-state index contributed by atoms with van der Waals surface area (Å²) < 4.78 is 33.7. The molecule has 1 saturated heterocycles. The van der Waals surface area contributed by atoms with Crippen molar-refractivity contribution in [3.63, 3.8) is 0 Å². The van der Waals surface area contributed by atoms with Gasteiger partial charge in [0.25, 0.3) is 11.8 Å². The lowest BCUT2D eigenvalue weighted by atomic mass is 9.97. The van der Waals surface area contributed by atoms with Crippen molar-refractivity contribution < 1.29 is 23.1 Å². The van der Waals surface area contributed by atoms with Gasteiger partial charge < -0.3 is 14.2 Å². The van der Waals surface area contributed by atoms with Gasteiger partial charge in [0.1, 0.15) is 6.73 Å². The molecule has 7 nitrogen and oxygen atoms in total. The normalized spacial score (nSPS) is 16.0. The van der Waals surface area contributed by atoms with Crippen LogP contribution in [0.25, 0.3) is 21.9 Å². The molecule has 4 rings (SSSR count). The molecule has 1 aliphatic heterocycles. The van der Waals surface area contributed by atoms with Crippen LogP contribution in [0.15, 0.2) is 59.8 Å². The number of hydrogen-bond acceptors (Lipinski definition) is 4. The zero-order valence-electron chi connectivity index (χ0n) is 19.1. The van der Waals surface area contributed by atoms with Gasteiger partial charge in [0, 0.05) is 51.8 Å². The van der Waals surface area contributed by atoms with E-state index in [2.05, 4.69) is 5.10 Å². The summed E-state index contributed by atoms with van der Waals surface area (Å²) >= 11 is 0. The summed E-state index contributed by atoms with van der Waals surface area (Å²) in [5, 5.41) is 7.30. The largest absolute Gasteiger partial charge is 0.362 e. The van der Waals surface area contributed by atoms with E-state index in [0.29, 0.717) is 17.5 Å². The minimum Gasteiger partial charge on any atom is -0.362 e. The second-order valence-electron chi connectivity index (χ2n) is 8.34. The molecule has 1 aliphatic rings. The number of nitrogens with zero attached hydrogens (tertiary/aromatic N) is 4. The number of fused-ring (bicyclic) bond motifs is 1. The number of methoxy groups -OCH3 is 1. The topological polar surface area (TPSA) is 67.1 Å². The molecule has 1 aromatic heterocycles. The highest BCUT2D eigenvalue weighted by Gasteiger charge is 2.35. The molecular weight excluding hydrogens is 442 g/mol. The first-order chi connectivity index (χ1) is 16.3. The first-order valence-corrected chi connectivity index (χ1v) is 10.9. The van der Waals surface area contributed by atoms with E-state index in [1.807, 2.05) is 49.6 Å². The quantitative estimate of drug-likeness (QED) is 0.316. The van der Waals surface area contributed by atoms with Gasteiger partial charge in [0.05, 0.1) is 0 Å². The van der Waals surface area contributed by atoms with E-state index in [4.69, 9.17) is 4.74 Å². The Kier molecular flexibility index (Phi) is 6.74. The summed E-state index contributed by atoms with van der Waals surface area (Å²) in [6.07, 6.45) is 1.84. The maximum Gasteiger partial charge on any atom is 0.253 e. The van der Waals surface area contributed by atoms with E-state index in [9.17, 15) is 18.4 Å². The molecule has 0 bridgehead atoms. The molecule has 178 valence electrons. The van der Waals surface area contributed by atoms with E-state index in [-0.39, 0.29) is 38.6 Å². The maximum atomic E-state index is 13.5. The van der Waals surface area contributed by atoms with Gasteiger partial charge in [-0.15, -0.1) is 5.10 Å². The molecule has 0 unspecified atom stereocenters. The number of aryl methyl sites for hydroxylation is 1. The number of likely N-dealkylation sites (tertiary alicyclic amines) is 1. The maximum absolute atomic E-state index is 13.5. The summed E-state index contributed by atoms with van der Waals surface area (Å²) in [7, 11) is 3.31. The Morgan fingerprint density at radius 3 is 2.65 bits per heavy atom. The van der Waals surface area contributed by atoms with E-state index in [0.717, 1.165) is 26.9 Å². The van der Waals surface area contributed by atoms with E-state index < -0.39 is 5.92 Å². The molecule has 9 heteroatoms. The smallest absolute Gasteiger partial charge is 0.253 e. The van der Waals surface area contributed by atoms with Crippen molar-refractivity contribution in [3.8, 4) is 11.1 Å². The lowest BCUT2D eigenvalue weighted by Gasteiger charge is -2.31. The second-order valence-corrected chi connectivity index (χ2v) is 8.34. The molecule has 3 aromatic rings. The summed E-state index contributed by atoms with van der Waals surface area (Å²) in [4.78, 5) is 25.6. The minimum atomic E-state index is -2.70. The number of carbonyl (C=O) groups is 2. The van der Waals surface area contributed by atoms with Crippen molar-refractivity contribution in [3.05, 3.63) is 65.8 Å². The van der Waals surface area contributed by atoms with Crippen LogP contribution >= 0.6 is 0 Å². The van der Waals surface area contributed by atoms with Crippen molar-refractivity contribution in [2.45, 2.75) is 18.8 Å². The molecule has 0 atom stereocenters. The van der Waals surface area contributed by atoms with Gasteiger partial charge in [-0.3, -0.25) is 9.59 Å². The lowest BCUT2D eigenvalue weighted by molar-refractivity contribution is -0.122. The number of benzene rings is 2. The van der Waals surface area contributed by atoms with Crippen LogP contribution in [0.2, 0.25) is 0 Å². The molecule has 34 heavy (non-hydrogen) atoms. The number of rotatable bonds is 6. The highest BCUT2D eigenvalue weighted by Crippen LogP contribution is 2.31. The molecule has 0 radical (unpaired) electrons. The molecule has 0 spiro atoms. The third-order valence-corrected chi connectivity index (χ3v) is 5.96. The van der Waals surface area contributed by atoms with Gasteiger partial charge in [-0.25, -0.2) is 13.8 Å². The summed E-state index contributed by atoms with van der Waals surface area (Å²) in [6.45, 7) is 0.143. The van der Waals surface area contributed by atoms with Gasteiger partial charge in [-0.05, 0) is 46.2 Å². The molecule has 0 aliphatic carbocycles. The SMILES string of the molecule is COCN(C=O)/N=c1/cc(-c2cccc3cc(C(=O)N4CCC(F)(F)CC4)ccc23)ccn1C. The number of alkyl halides is 2. The van der Waals surface area contributed by atoms with Crippen molar-refractivity contribution in [2.75, 3.05) is 26.9 Å². The Balaban J connectivity index is 1.68. The predicted molar refractivity (Wildman–Crippen MR) is 124 cm³/mol. The fraction of sp³-hybridized carbons (Fsp3) is 0.320. The van der Waals surface area contributed by atoms with Gasteiger partial charge in [0.2, 0.25) is 6.41 Å². The summed E-state index contributed by atoms with van der Waals surface area (Å²) in [5.74, 6) is -2.93. The number of halogens is 2. The Bertz CT molecular complexity index is 1280. The van der Waals surface area contributed by atoms with Gasteiger partial charge in [-0.1, -0.05) is 24.3 Å². The molecular formula is C25H26F2N4O3. The molecule has 0 N–H and O–H groups in total. The Labute approximate surface area is 195 Å². The van der Waals surface area contributed by atoms with Crippen LogP contribution in [-0.2, 0) is 16.6 Å². The van der Waals surface area contributed by atoms with Crippen molar-refractivity contribution in [1.82, 2.24) is 14.5 Å². The fourth-order valence-corrected chi connectivity index (χ4v) is 4.06. The van der Waals surface area contributed by atoms with Crippen LogP contribution < -0.4 is 5.49 Å². The van der Waals surface area contributed by atoms with E-state index in [1.165, 1.54) is 12.0 Å². The fourth-order valence-electron chi connectivity index (χ4n) is 4.06. The average Bonchev–Trinajstić information content (AvgIpc) is 2.84. The minimum absolute atomic E-state index is 0.0352. The van der Waals surface area contributed by atoms with Crippen LogP contribution in [0.5, 0.6) is 0 Å². The summed E-state index contributed by atoms with van der Waals surface area (Å²) in [5.41, 5.74) is 2.87. The Morgan fingerprint density at radius 2 is 1.94 bits per heavy atom. The second kappa shape index (κ2) is 9.72. The van der Waals surface area contributed by atoms with Crippen LogP contribution in [0.3, 0.4) is 0 Å². The van der Waals surface area contributed by atoms with Crippen molar-refractivity contribution in [1.29, 1.82) is 0 Å². The Hall–Kier alpha value is -3.59. The summed E-state index contributed by atoms with van der Waals surface area (Å²) in [6, 6.07) is 15.0.